The highest BCUT2D eigenvalue weighted by atomic mass is 19.4. The summed E-state index contributed by atoms with van der Waals surface area (Å²) in [6.07, 6.45) is -2.50. The van der Waals surface area contributed by atoms with Gasteiger partial charge in [-0.3, -0.25) is 4.90 Å². The second-order valence-electron chi connectivity index (χ2n) is 4.33. The molecule has 98 valence electrons. The van der Waals surface area contributed by atoms with Crippen LogP contribution >= 0.6 is 0 Å². The lowest BCUT2D eigenvalue weighted by Gasteiger charge is -2.36. The predicted molar refractivity (Wildman–Crippen MR) is 60.2 cm³/mol. The number of rotatable bonds is 7. The topological polar surface area (TPSA) is 29.3 Å². The van der Waals surface area contributed by atoms with E-state index >= 15 is 0 Å². The third-order valence-electron chi connectivity index (χ3n) is 3.34. The molecular weight excluding hydrogens is 217 g/mol. The normalized spacial score (nSPS) is 13.5. The van der Waals surface area contributed by atoms with Crippen LogP contribution < -0.4 is 5.73 Å². The largest absolute Gasteiger partial charge is 0.401 e. The smallest absolute Gasteiger partial charge is 0.330 e. The second kappa shape index (κ2) is 6.45. The van der Waals surface area contributed by atoms with Crippen molar-refractivity contribution < 1.29 is 13.2 Å². The Bertz CT molecular complexity index is 180. The fourth-order valence-electron chi connectivity index (χ4n) is 1.83. The summed E-state index contributed by atoms with van der Waals surface area (Å²) in [5.41, 5.74) is 5.51. The molecule has 0 saturated heterocycles. The van der Waals surface area contributed by atoms with Crippen molar-refractivity contribution in [3.05, 3.63) is 0 Å². The molecule has 0 aromatic carbocycles. The van der Waals surface area contributed by atoms with E-state index in [4.69, 9.17) is 5.73 Å². The molecular formula is C11H23F3N2. The monoisotopic (exact) mass is 240 g/mol. The minimum atomic E-state index is -4.13. The van der Waals surface area contributed by atoms with Crippen molar-refractivity contribution in [3.63, 3.8) is 0 Å². The van der Waals surface area contributed by atoms with Crippen LogP contribution in [0.1, 0.15) is 33.6 Å². The van der Waals surface area contributed by atoms with Crippen molar-refractivity contribution >= 4 is 0 Å². The van der Waals surface area contributed by atoms with Crippen molar-refractivity contribution in [2.45, 2.75) is 39.8 Å². The Morgan fingerprint density at radius 1 is 1.00 bits per heavy atom. The maximum Gasteiger partial charge on any atom is 0.401 e. The van der Waals surface area contributed by atoms with E-state index in [1.165, 1.54) is 4.90 Å². The van der Waals surface area contributed by atoms with Gasteiger partial charge in [0.25, 0.3) is 0 Å². The zero-order chi connectivity index (χ0) is 12.8. The van der Waals surface area contributed by atoms with Crippen LogP contribution in [0.5, 0.6) is 0 Å². The average molecular weight is 240 g/mol. The predicted octanol–water partition coefficient (Wildman–Crippen LogP) is 2.64. The van der Waals surface area contributed by atoms with Gasteiger partial charge in [0.05, 0.1) is 6.54 Å². The third-order valence-corrected chi connectivity index (χ3v) is 3.34. The molecule has 16 heavy (non-hydrogen) atoms. The Kier molecular flexibility index (Phi) is 6.33. The summed E-state index contributed by atoms with van der Waals surface area (Å²) in [6.45, 7) is 6.14. The van der Waals surface area contributed by atoms with Gasteiger partial charge in [0.1, 0.15) is 0 Å². The van der Waals surface area contributed by atoms with Gasteiger partial charge in [0.2, 0.25) is 0 Å². The molecule has 0 fully saturated rings. The first-order valence-corrected chi connectivity index (χ1v) is 5.81. The zero-order valence-corrected chi connectivity index (χ0v) is 10.4. The van der Waals surface area contributed by atoms with E-state index in [9.17, 15) is 13.2 Å². The molecule has 0 rings (SSSR count). The molecule has 2 N–H and O–H groups in total. The zero-order valence-electron chi connectivity index (χ0n) is 10.4. The lowest BCUT2D eigenvalue weighted by Crippen LogP contribution is -2.45. The lowest BCUT2D eigenvalue weighted by atomic mass is 9.82. The summed E-state index contributed by atoms with van der Waals surface area (Å²) < 4.78 is 36.9. The van der Waals surface area contributed by atoms with Crippen LogP contribution in [0.2, 0.25) is 0 Å². The minimum Gasteiger partial charge on any atom is -0.330 e. The maximum atomic E-state index is 12.3. The van der Waals surface area contributed by atoms with E-state index in [0.29, 0.717) is 19.6 Å². The van der Waals surface area contributed by atoms with Crippen LogP contribution in [-0.2, 0) is 0 Å². The molecule has 0 spiro atoms. The molecule has 0 aliphatic carbocycles. The molecule has 0 saturated carbocycles. The van der Waals surface area contributed by atoms with Crippen LogP contribution in [0.25, 0.3) is 0 Å². The first-order valence-electron chi connectivity index (χ1n) is 5.81. The first kappa shape index (κ1) is 15.7. The Morgan fingerprint density at radius 3 is 1.75 bits per heavy atom. The van der Waals surface area contributed by atoms with Crippen molar-refractivity contribution in [2.75, 3.05) is 26.2 Å². The van der Waals surface area contributed by atoms with E-state index in [-0.39, 0.29) is 5.41 Å². The van der Waals surface area contributed by atoms with Gasteiger partial charge >= 0.3 is 6.18 Å². The van der Waals surface area contributed by atoms with Crippen LogP contribution in [0.3, 0.4) is 0 Å². The average Bonchev–Trinajstić information content (AvgIpc) is 2.23. The van der Waals surface area contributed by atoms with Gasteiger partial charge in [0, 0.05) is 6.54 Å². The van der Waals surface area contributed by atoms with Crippen molar-refractivity contribution in [1.29, 1.82) is 0 Å². The molecule has 0 heterocycles. The van der Waals surface area contributed by atoms with Crippen molar-refractivity contribution in [1.82, 2.24) is 4.90 Å². The third kappa shape index (κ3) is 5.16. The highest BCUT2D eigenvalue weighted by Crippen LogP contribution is 2.27. The van der Waals surface area contributed by atoms with Crippen molar-refractivity contribution in [2.24, 2.45) is 11.1 Å². The fraction of sp³-hybridized carbons (Fsp3) is 1.00. The number of halogens is 3. The standard InChI is InChI=1S/C11H23F3N2/c1-4-10(5-2,7-15)8-16(6-3)9-11(12,13)14/h4-9,15H2,1-3H3. The van der Waals surface area contributed by atoms with Gasteiger partial charge in [-0.05, 0) is 31.3 Å². The van der Waals surface area contributed by atoms with Crippen LogP contribution in [-0.4, -0.2) is 37.3 Å². The molecule has 0 radical (unpaired) electrons. The van der Waals surface area contributed by atoms with Gasteiger partial charge in [-0.2, -0.15) is 13.2 Å². The van der Waals surface area contributed by atoms with Crippen LogP contribution in [0.4, 0.5) is 13.2 Å². The summed E-state index contributed by atoms with van der Waals surface area (Å²) in [6, 6.07) is 0. The summed E-state index contributed by atoms with van der Waals surface area (Å²) in [7, 11) is 0. The highest BCUT2D eigenvalue weighted by Gasteiger charge is 2.34. The van der Waals surface area contributed by atoms with Crippen molar-refractivity contribution in [3.8, 4) is 0 Å². The molecule has 0 aliphatic rings. The maximum absolute atomic E-state index is 12.3. The number of alkyl halides is 3. The van der Waals surface area contributed by atoms with Gasteiger partial charge in [-0.1, -0.05) is 20.8 Å². The number of nitrogens with two attached hydrogens (primary N) is 1. The Hall–Kier alpha value is -0.290. The van der Waals surface area contributed by atoms with E-state index in [1.54, 1.807) is 6.92 Å². The fourth-order valence-corrected chi connectivity index (χ4v) is 1.83. The van der Waals surface area contributed by atoms with Gasteiger partial charge < -0.3 is 5.73 Å². The van der Waals surface area contributed by atoms with E-state index in [1.807, 2.05) is 13.8 Å². The molecule has 5 heteroatoms. The Morgan fingerprint density at radius 2 is 1.50 bits per heavy atom. The Labute approximate surface area is 96.0 Å². The molecule has 0 aromatic rings. The van der Waals surface area contributed by atoms with E-state index in [0.717, 1.165) is 12.8 Å². The molecule has 0 bridgehead atoms. The molecule has 0 aliphatic heterocycles. The molecule has 0 aromatic heterocycles. The summed E-state index contributed by atoms with van der Waals surface area (Å²) in [5, 5.41) is 0. The van der Waals surface area contributed by atoms with Gasteiger partial charge in [-0.25, -0.2) is 0 Å². The second-order valence-corrected chi connectivity index (χ2v) is 4.33. The van der Waals surface area contributed by atoms with Gasteiger partial charge in [-0.15, -0.1) is 0 Å². The van der Waals surface area contributed by atoms with Crippen LogP contribution in [0.15, 0.2) is 0 Å². The minimum absolute atomic E-state index is 0.179. The quantitative estimate of drug-likeness (QED) is 0.741. The highest BCUT2D eigenvalue weighted by molar-refractivity contribution is 4.82. The summed E-state index contributed by atoms with van der Waals surface area (Å²) >= 11 is 0. The Balaban J connectivity index is 4.50. The van der Waals surface area contributed by atoms with Gasteiger partial charge in [0.15, 0.2) is 0 Å². The van der Waals surface area contributed by atoms with Crippen LogP contribution in [0, 0.1) is 5.41 Å². The molecule has 0 amide bonds. The number of hydrogen-bond donors (Lipinski definition) is 1. The summed E-state index contributed by atoms with van der Waals surface area (Å²) in [5.74, 6) is 0. The molecule has 2 nitrogen and oxygen atoms in total. The molecule has 0 unspecified atom stereocenters. The number of hydrogen-bond acceptors (Lipinski definition) is 2. The summed E-state index contributed by atoms with van der Waals surface area (Å²) in [4.78, 5) is 1.43. The molecule has 0 atom stereocenters. The lowest BCUT2D eigenvalue weighted by molar-refractivity contribution is -0.148. The number of nitrogens with zero attached hydrogens (tertiary/aromatic N) is 1. The van der Waals surface area contributed by atoms with E-state index in [2.05, 4.69) is 0 Å². The first-order chi connectivity index (χ1) is 7.32. The SMILES string of the molecule is CCN(CC(F)(F)F)CC(CC)(CC)CN. The van der Waals surface area contributed by atoms with E-state index < -0.39 is 12.7 Å².